The number of methoxy groups -OCH3 is 1. The number of ether oxygens (including phenoxy) is 2. The van der Waals surface area contributed by atoms with Crippen molar-refractivity contribution < 1.29 is 18.7 Å². The number of aldehydes is 1. The Morgan fingerprint density at radius 3 is 3.17 bits per heavy atom. The number of hydrogen-bond donors (Lipinski definition) is 0. The Hall–Kier alpha value is -1.33. The van der Waals surface area contributed by atoms with Crippen LogP contribution in [0.5, 0.6) is 0 Å². The molecule has 0 saturated carbocycles. The molecule has 1 fully saturated rings. The van der Waals surface area contributed by atoms with Gasteiger partial charge in [0.2, 0.25) is 5.95 Å². The Balaban J connectivity index is 2.09. The van der Waals surface area contributed by atoms with Crippen LogP contribution in [0, 0.1) is 11.9 Å². The lowest BCUT2D eigenvalue weighted by atomic mass is 9.95. The highest BCUT2D eigenvalue weighted by atomic mass is 19.1. The van der Waals surface area contributed by atoms with E-state index in [4.69, 9.17) is 9.47 Å². The number of aromatic nitrogens is 1. The van der Waals surface area contributed by atoms with Crippen LogP contribution in [0.4, 0.5) is 4.39 Å². The van der Waals surface area contributed by atoms with E-state index >= 15 is 0 Å². The second-order valence-corrected chi connectivity index (χ2v) is 4.41. The molecule has 0 aromatic carbocycles. The highest BCUT2D eigenvalue weighted by Gasteiger charge is 2.35. The fourth-order valence-electron chi connectivity index (χ4n) is 2.27. The van der Waals surface area contributed by atoms with Gasteiger partial charge in [0.15, 0.2) is 0 Å². The summed E-state index contributed by atoms with van der Waals surface area (Å²) in [6.45, 7) is 0.591. The van der Waals surface area contributed by atoms with Crippen molar-refractivity contribution in [2.75, 3.05) is 13.7 Å². The third-order valence-corrected chi connectivity index (χ3v) is 3.16. The van der Waals surface area contributed by atoms with E-state index in [1.165, 1.54) is 12.3 Å². The van der Waals surface area contributed by atoms with Crippen molar-refractivity contribution in [2.24, 2.45) is 5.92 Å². The first-order valence-electron chi connectivity index (χ1n) is 5.95. The zero-order valence-electron chi connectivity index (χ0n) is 10.2. The minimum atomic E-state index is -0.555. The molecule has 0 N–H and O–H groups in total. The monoisotopic (exact) mass is 253 g/mol. The molecule has 1 aliphatic rings. The Morgan fingerprint density at radius 1 is 1.67 bits per heavy atom. The summed E-state index contributed by atoms with van der Waals surface area (Å²) in [4.78, 5) is 14.6. The van der Waals surface area contributed by atoms with E-state index < -0.39 is 5.95 Å². The summed E-state index contributed by atoms with van der Waals surface area (Å²) in [7, 11) is 1.63. The van der Waals surface area contributed by atoms with E-state index in [1.54, 1.807) is 13.2 Å². The average molecular weight is 253 g/mol. The van der Waals surface area contributed by atoms with Crippen molar-refractivity contribution in [3.63, 3.8) is 0 Å². The van der Waals surface area contributed by atoms with Gasteiger partial charge in [0.1, 0.15) is 6.29 Å². The lowest BCUT2D eigenvalue weighted by Gasteiger charge is -2.15. The Morgan fingerprint density at radius 2 is 2.50 bits per heavy atom. The maximum atomic E-state index is 13.1. The van der Waals surface area contributed by atoms with Gasteiger partial charge in [-0.15, -0.1) is 0 Å². The maximum Gasteiger partial charge on any atom is 0.213 e. The molecule has 1 aliphatic heterocycles. The van der Waals surface area contributed by atoms with Gasteiger partial charge in [-0.2, -0.15) is 4.39 Å². The van der Waals surface area contributed by atoms with E-state index in [0.717, 1.165) is 12.7 Å². The van der Waals surface area contributed by atoms with Gasteiger partial charge in [0, 0.05) is 25.8 Å². The summed E-state index contributed by atoms with van der Waals surface area (Å²) in [5.74, 6) is -0.783. The topological polar surface area (TPSA) is 48.4 Å². The molecule has 0 aliphatic carbocycles. The second-order valence-electron chi connectivity index (χ2n) is 4.41. The lowest BCUT2D eigenvalue weighted by Crippen LogP contribution is -2.10. The van der Waals surface area contributed by atoms with Gasteiger partial charge in [0.25, 0.3) is 0 Å². The van der Waals surface area contributed by atoms with Crippen molar-refractivity contribution >= 4 is 6.29 Å². The van der Waals surface area contributed by atoms with Crippen LogP contribution >= 0.6 is 0 Å². The third kappa shape index (κ3) is 2.91. The zero-order valence-corrected chi connectivity index (χ0v) is 10.2. The van der Waals surface area contributed by atoms with Crippen LogP contribution in [0.2, 0.25) is 0 Å². The number of pyridine rings is 1. The third-order valence-electron chi connectivity index (χ3n) is 3.16. The molecule has 1 saturated heterocycles. The highest BCUT2D eigenvalue weighted by molar-refractivity contribution is 5.56. The quantitative estimate of drug-likeness (QED) is 0.594. The number of rotatable bonds is 5. The van der Waals surface area contributed by atoms with Crippen molar-refractivity contribution in [3.8, 4) is 0 Å². The van der Waals surface area contributed by atoms with Crippen molar-refractivity contribution in [1.29, 1.82) is 0 Å². The molecule has 3 atom stereocenters. The largest absolute Gasteiger partial charge is 0.385 e. The first-order valence-corrected chi connectivity index (χ1v) is 5.95. The molecule has 0 spiro atoms. The molecule has 0 radical (unpaired) electrons. The van der Waals surface area contributed by atoms with E-state index in [0.29, 0.717) is 18.6 Å². The zero-order chi connectivity index (χ0) is 13.0. The second kappa shape index (κ2) is 6.02. The normalized spacial score (nSPS) is 27.3. The van der Waals surface area contributed by atoms with Crippen LogP contribution in [0.15, 0.2) is 18.3 Å². The van der Waals surface area contributed by atoms with Crippen LogP contribution in [0.1, 0.15) is 24.5 Å². The molecule has 1 aromatic heterocycles. The molecule has 18 heavy (non-hydrogen) atoms. The number of hydrogen-bond acceptors (Lipinski definition) is 4. The van der Waals surface area contributed by atoms with Crippen LogP contribution in [0.25, 0.3) is 0 Å². The molecule has 0 bridgehead atoms. The predicted molar refractivity (Wildman–Crippen MR) is 62.5 cm³/mol. The summed E-state index contributed by atoms with van der Waals surface area (Å²) in [5, 5.41) is 0. The molecule has 1 aromatic rings. The average Bonchev–Trinajstić information content (AvgIpc) is 2.79. The van der Waals surface area contributed by atoms with Crippen molar-refractivity contribution in [2.45, 2.75) is 25.0 Å². The molecular formula is C13H16FNO3. The molecule has 0 amide bonds. The van der Waals surface area contributed by atoms with E-state index in [1.807, 2.05) is 0 Å². The number of carbonyl (C=O) groups is 1. The maximum absolute atomic E-state index is 13.1. The number of carbonyl (C=O) groups excluding carboxylic acids is 1. The summed E-state index contributed by atoms with van der Waals surface area (Å²) in [6, 6.07) is 3.00. The molecule has 2 rings (SSSR count). The summed E-state index contributed by atoms with van der Waals surface area (Å²) < 4.78 is 23.9. The fourth-order valence-corrected chi connectivity index (χ4v) is 2.27. The van der Waals surface area contributed by atoms with Crippen LogP contribution < -0.4 is 0 Å². The number of halogens is 1. The molecule has 98 valence electrons. The fraction of sp³-hybridized carbons (Fsp3) is 0.538. The minimum absolute atomic E-state index is 0.0126. The highest BCUT2D eigenvalue weighted by Crippen LogP contribution is 2.38. The first kappa shape index (κ1) is 13.1. The minimum Gasteiger partial charge on any atom is -0.385 e. The molecule has 4 nitrogen and oxygen atoms in total. The van der Waals surface area contributed by atoms with Gasteiger partial charge in [0.05, 0.1) is 12.2 Å². The predicted octanol–water partition coefficient (Wildman–Crippen LogP) is 1.90. The van der Waals surface area contributed by atoms with Gasteiger partial charge in [-0.3, -0.25) is 0 Å². The summed E-state index contributed by atoms with van der Waals surface area (Å²) in [5.41, 5.74) is 0.666. The standard InChI is InChI=1S/C13H16FNO3/c1-17-5-3-11-6-10(8-16)13(18-11)9-2-4-15-12(14)7-9/h2,4,7-8,10-11,13H,3,5-6H2,1H3/t10-,11-,13+/m1/s1. The van der Waals surface area contributed by atoms with Crippen molar-refractivity contribution in [3.05, 3.63) is 29.8 Å². The van der Waals surface area contributed by atoms with Gasteiger partial charge < -0.3 is 14.3 Å². The van der Waals surface area contributed by atoms with Crippen LogP contribution in [-0.2, 0) is 14.3 Å². The van der Waals surface area contributed by atoms with E-state index in [2.05, 4.69) is 4.98 Å². The van der Waals surface area contributed by atoms with E-state index in [-0.39, 0.29) is 18.1 Å². The van der Waals surface area contributed by atoms with Crippen LogP contribution in [-0.4, -0.2) is 31.1 Å². The Labute approximate surface area is 105 Å². The summed E-state index contributed by atoms with van der Waals surface area (Å²) >= 11 is 0. The molecule has 0 unspecified atom stereocenters. The SMILES string of the molecule is COCC[C@@H]1C[C@H](C=O)[C@H](c2ccnc(F)c2)O1. The summed E-state index contributed by atoms with van der Waals surface area (Å²) in [6.07, 6.45) is 3.28. The van der Waals surface area contributed by atoms with Gasteiger partial charge >= 0.3 is 0 Å². The molecule has 5 heteroatoms. The van der Waals surface area contributed by atoms with Crippen LogP contribution in [0.3, 0.4) is 0 Å². The van der Waals surface area contributed by atoms with Gasteiger partial charge in [-0.1, -0.05) is 0 Å². The van der Waals surface area contributed by atoms with Gasteiger partial charge in [-0.05, 0) is 30.5 Å². The Kier molecular flexibility index (Phi) is 4.38. The smallest absolute Gasteiger partial charge is 0.213 e. The molecule has 2 heterocycles. The number of nitrogens with zero attached hydrogens (tertiary/aromatic N) is 1. The lowest BCUT2D eigenvalue weighted by molar-refractivity contribution is -0.112. The Bertz CT molecular complexity index is 413. The van der Waals surface area contributed by atoms with Gasteiger partial charge in [-0.25, -0.2) is 4.98 Å². The van der Waals surface area contributed by atoms with Crippen molar-refractivity contribution in [1.82, 2.24) is 4.98 Å². The first-order chi connectivity index (χ1) is 8.74. The molecular weight excluding hydrogens is 237 g/mol. The van der Waals surface area contributed by atoms with E-state index in [9.17, 15) is 9.18 Å².